The number of anilines is 1. The number of rotatable bonds is 6. The van der Waals surface area contributed by atoms with Crippen molar-refractivity contribution in [1.29, 1.82) is 0 Å². The molecule has 4 nitrogen and oxygen atoms in total. The van der Waals surface area contributed by atoms with Gasteiger partial charge in [0.05, 0.1) is 12.9 Å². The summed E-state index contributed by atoms with van der Waals surface area (Å²) in [6.45, 7) is 3.06. The molecule has 0 aromatic heterocycles. The van der Waals surface area contributed by atoms with Gasteiger partial charge in [-0.3, -0.25) is 4.79 Å². The van der Waals surface area contributed by atoms with Gasteiger partial charge in [-0.25, -0.2) is 0 Å². The number of thioether (sulfide) groups is 1. The molecule has 0 saturated carbocycles. The Hall–Kier alpha value is -2.14. The normalized spacial score (nSPS) is 19.7. The first-order chi connectivity index (χ1) is 13.2. The molecule has 2 heterocycles. The number of amides is 1. The highest BCUT2D eigenvalue weighted by molar-refractivity contribution is 8.00. The van der Waals surface area contributed by atoms with Crippen LogP contribution in [-0.4, -0.2) is 43.3 Å². The molecule has 2 saturated heterocycles. The molecule has 1 unspecified atom stereocenters. The van der Waals surface area contributed by atoms with Gasteiger partial charge in [0.2, 0.25) is 5.91 Å². The highest BCUT2D eigenvalue weighted by Crippen LogP contribution is 2.39. The summed E-state index contributed by atoms with van der Waals surface area (Å²) in [6, 6.07) is 16.9. The Morgan fingerprint density at radius 2 is 1.74 bits per heavy atom. The lowest BCUT2D eigenvalue weighted by atomic mass is 10.1. The van der Waals surface area contributed by atoms with Gasteiger partial charge in [0.1, 0.15) is 11.1 Å². The molecule has 2 fully saturated rings. The van der Waals surface area contributed by atoms with Crippen molar-refractivity contribution < 1.29 is 9.53 Å². The fraction of sp³-hybridized carbons (Fsp3) is 0.409. The Balaban J connectivity index is 1.42. The number of methoxy groups -OCH3 is 1. The zero-order chi connectivity index (χ0) is 18.6. The Morgan fingerprint density at radius 3 is 2.41 bits per heavy atom. The van der Waals surface area contributed by atoms with Crippen molar-refractivity contribution in [1.82, 2.24) is 4.90 Å². The average Bonchev–Trinajstić information content (AvgIpc) is 3.37. The van der Waals surface area contributed by atoms with Crippen molar-refractivity contribution in [2.75, 3.05) is 37.4 Å². The second-order valence-corrected chi connectivity index (χ2v) is 8.20. The van der Waals surface area contributed by atoms with E-state index in [-0.39, 0.29) is 11.3 Å². The molecule has 1 amide bonds. The molecule has 2 aliphatic rings. The highest BCUT2D eigenvalue weighted by atomic mass is 32.2. The van der Waals surface area contributed by atoms with Crippen molar-refractivity contribution in [3.63, 3.8) is 0 Å². The van der Waals surface area contributed by atoms with Crippen molar-refractivity contribution in [2.24, 2.45) is 0 Å². The van der Waals surface area contributed by atoms with Crippen molar-refractivity contribution in [2.45, 2.75) is 24.6 Å². The second-order valence-electron chi connectivity index (χ2n) is 7.13. The van der Waals surface area contributed by atoms with Crippen LogP contribution in [0.3, 0.4) is 0 Å². The number of hydrogen-bond acceptors (Lipinski definition) is 4. The first-order valence-electron chi connectivity index (χ1n) is 9.63. The van der Waals surface area contributed by atoms with Gasteiger partial charge in [0.25, 0.3) is 0 Å². The highest BCUT2D eigenvalue weighted by Gasteiger charge is 2.32. The Labute approximate surface area is 165 Å². The number of ether oxygens (including phenoxy) is 1. The minimum absolute atomic E-state index is 0.128. The van der Waals surface area contributed by atoms with Gasteiger partial charge in [-0.2, -0.15) is 0 Å². The van der Waals surface area contributed by atoms with Gasteiger partial charge in [0.15, 0.2) is 0 Å². The molecular weight excluding hydrogens is 356 g/mol. The van der Waals surface area contributed by atoms with Gasteiger partial charge in [-0.15, -0.1) is 11.8 Å². The Morgan fingerprint density at radius 1 is 1.04 bits per heavy atom. The van der Waals surface area contributed by atoms with Gasteiger partial charge in [0, 0.05) is 25.3 Å². The quantitative estimate of drug-likeness (QED) is 0.753. The molecule has 0 aliphatic carbocycles. The molecule has 1 atom stereocenters. The van der Waals surface area contributed by atoms with Gasteiger partial charge >= 0.3 is 0 Å². The zero-order valence-electron chi connectivity index (χ0n) is 15.8. The maximum atomic E-state index is 12.4. The molecule has 5 heteroatoms. The van der Waals surface area contributed by atoms with E-state index in [0.29, 0.717) is 5.75 Å². The summed E-state index contributed by atoms with van der Waals surface area (Å²) >= 11 is 1.73. The maximum Gasteiger partial charge on any atom is 0.233 e. The lowest BCUT2D eigenvalue weighted by Crippen LogP contribution is -2.30. The van der Waals surface area contributed by atoms with E-state index in [9.17, 15) is 4.79 Å². The molecule has 0 bridgehead atoms. The number of nitrogens with zero attached hydrogens (tertiary/aromatic N) is 2. The summed E-state index contributed by atoms with van der Waals surface area (Å²) in [5.41, 5.74) is 3.75. The lowest BCUT2D eigenvalue weighted by molar-refractivity contribution is -0.128. The molecule has 0 N–H and O–H groups in total. The monoisotopic (exact) mass is 382 g/mol. The predicted octanol–water partition coefficient (Wildman–Crippen LogP) is 4.11. The minimum Gasteiger partial charge on any atom is -0.497 e. The predicted molar refractivity (Wildman–Crippen MR) is 111 cm³/mol. The van der Waals surface area contributed by atoms with Crippen molar-refractivity contribution in [3.8, 4) is 5.75 Å². The molecule has 2 aromatic rings. The fourth-order valence-corrected chi connectivity index (χ4v) is 5.06. The molecular formula is C22H26N2O2S. The summed E-state index contributed by atoms with van der Waals surface area (Å²) in [4.78, 5) is 16.9. The van der Waals surface area contributed by atoms with Crippen LogP contribution in [0, 0.1) is 0 Å². The molecule has 0 radical (unpaired) electrons. The van der Waals surface area contributed by atoms with E-state index >= 15 is 0 Å². The first kappa shape index (κ1) is 18.2. The standard InChI is InChI=1S/C22H26N2O2S/c1-26-20-10-4-17(5-11-20)12-15-24-21(25)16-27-22(24)18-6-8-19(9-7-18)23-13-2-3-14-23/h4-11,22H,2-3,12-16H2,1H3. The summed E-state index contributed by atoms with van der Waals surface area (Å²) in [5.74, 6) is 1.67. The van der Waals surface area contributed by atoms with Gasteiger partial charge in [-0.05, 0) is 54.7 Å². The lowest BCUT2D eigenvalue weighted by Gasteiger charge is -2.25. The SMILES string of the molecule is COc1ccc(CCN2C(=O)CSC2c2ccc(N3CCCC3)cc2)cc1. The first-order valence-corrected chi connectivity index (χ1v) is 10.7. The number of carbonyl (C=O) groups excluding carboxylic acids is 1. The largest absolute Gasteiger partial charge is 0.497 e. The van der Waals surface area contributed by atoms with E-state index in [4.69, 9.17) is 4.74 Å². The van der Waals surface area contributed by atoms with Crippen molar-refractivity contribution >= 4 is 23.4 Å². The molecule has 2 aromatic carbocycles. The molecule has 0 spiro atoms. The van der Waals surface area contributed by atoms with Crippen LogP contribution in [-0.2, 0) is 11.2 Å². The van der Waals surface area contributed by atoms with E-state index in [1.165, 1.54) is 29.7 Å². The third-order valence-electron chi connectivity index (χ3n) is 5.42. The molecule has 27 heavy (non-hydrogen) atoms. The van der Waals surface area contributed by atoms with Crippen LogP contribution < -0.4 is 9.64 Å². The zero-order valence-corrected chi connectivity index (χ0v) is 16.6. The summed E-state index contributed by atoms with van der Waals surface area (Å²) < 4.78 is 5.21. The van der Waals surface area contributed by atoms with Crippen LogP contribution in [0.1, 0.15) is 29.3 Å². The number of hydrogen-bond donors (Lipinski definition) is 0. The third-order valence-corrected chi connectivity index (χ3v) is 6.67. The van der Waals surface area contributed by atoms with Crippen LogP contribution in [0.5, 0.6) is 5.75 Å². The van der Waals surface area contributed by atoms with E-state index < -0.39 is 0 Å². The van der Waals surface area contributed by atoms with E-state index in [1.54, 1.807) is 18.9 Å². The summed E-state index contributed by atoms with van der Waals surface area (Å²) in [6.07, 6.45) is 3.43. The summed E-state index contributed by atoms with van der Waals surface area (Å²) in [7, 11) is 1.68. The molecule has 4 rings (SSSR count). The van der Waals surface area contributed by atoms with E-state index in [2.05, 4.69) is 41.3 Å². The minimum atomic E-state index is 0.128. The van der Waals surface area contributed by atoms with Crippen LogP contribution >= 0.6 is 11.8 Å². The second kappa shape index (κ2) is 8.26. The van der Waals surface area contributed by atoms with E-state index in [0.717, 1.165) is 31.8 Å². The number of benzene rings is 2. The van der Waals surface area contributed by atoms with E-state index in [1.807, 2.05) is 17.0 Å². The van der Waals surface area contributed by atoms with Crippen LogP contribution in [0.15, 0.2) is 48.5 Å². The molecule has 2 aliphatic heterocycles. The Kier molecular flexibility index (Phi) is 5.58. The third kappa shape index (κ3) is 4.08. The van der Waals surface area contributed by atoms with Gasteiger partial charge in [-0.1, -0.05) is 24.3 Å². The maximum absolute atomic E-state index is 12.4. The Bertz CT molecular complexity index is 770. The summed E-state index contributed by atoms with van der Waals surface area (Å²) in [5, 5.41) is 0.128. The van der Waals surface area contributed by atoms with Crippen molar-refractivity contribution in [3.05, 3.63) is 59.7 Å². The average molecular weight is 383 g/mol. The van der Waals surface area contributed by atoms with Crippen LogP contribution in [0.2, 0.25) is 0 Å². The number of carbonyl (C=O) groups is 1. The van der Waals surface area contributed by atoms with Gasteiger partial charge < -0.3 is 14.5 Å². The smallest absolute Gasteiger partial charge is 0.233 e. The topological polar surface area (TPSA) is 32.8 Å². The fourth-order valence-electron chi connectivity index (χ4n) is 3.84. The molecule has 142 valence electrons. The van der Waals surface area contributed by atoms with Crippen LogP contribution in [0.25, 0.3) is 0 Å². The van der Waals surface area contributed by atoms with Crippen LogP contribution in [0.4, 0.5) is 5.69 Å².